The summed E-state index contributed by atoms with van der Waals surface area (Å²) in [4.78, 5) is 1.60. The van der Waals surface area contributed by atoms with Gasteiger partial charge in [0.1, 0.15) is 11.5 Å². The fourth-order valence-corrected chi connectivity index (χ4v) is 4.84. The predicted octanol–water partition coefficient (Wildman–Crippen LogP) is 3.61. The Hall–Kier alpha value is -0.950. The lowest BCUT2D eigenvalue weighted by molar-refractivity contribution is 0.949. The highest BCUT2D eigenvalue weighted by molar-refractivity contribution is 7.97. The van der Waals surface area contributed by atoms with E-state index >= 15 is 0 Å². The van der Waals surface area contributed by atoms with E-state index in [-0.39, 0.29) is 0 Å². The number of benzene rings is 2. The first-order chi connectivity index (χ1) is 7.45. The van der Waals surface area contributed by atoms with Crippen LogP contribution in [0.3, 0.4) is 0 Å². The van der Waals surface area contributed by atoms with Crippen LogP contribution in [0.1, 0.15) is 12.8 Å². The number of hydrogen-bond acceptors (Lipinski definition) is 0. The first kappa shape index (κ1) is 9.29. The maximum atomic E-state index is 2.33. The van der Waals surface area contributed by atoms with Gasteiger partial charge in [-0.2, -0.15) is 0 Å². The molecule has 15 heavy (non-hydrogen) atoms. The van der Waals surface area contributed by atoms with E-state index in [1.54, 1.807) is 4.90 Å². The standard InChI is InChI=1S/C14H15S/c1-2-8-13-12(6-1)7-5-9-14(13)15-10-3-4-11-15/h1-2,5-9H,3-4,10-11H2/q+1. The lowest BCUT2D eigenvalue weighted by Gasteiger charge is -2.04. The molecule has 0 N–H and O–H groups in total. The van der Waals surface area contributed by atoms with Crippen molar-refractivity contribution in [2.45, 2.75) is 17.7 Å². The van der Waals surface area contributed by atoms with Gasteiger partial charge in [-0.1, -0.05) is 30.3 Å². The van der Waals surface area contributed by atoms with Gasteiger partial charge in [0.15, 0.2) is 4.90 Å². The second-order valence-corrected chi connectivity index (χ2v) is 6.33. The molecule has 0 unspecified atom stereocenters. The van der Waals surface area contributed by atoms with Crippen LogP contribution in [0.4, 0.5) is 0 Å². The molecule has 76 valence electrons. The molecular weight excluding hydrogens is 200 g/mol. The summed E-state index contributed by atoms with van der Waals surface area (Å²) in [5.74, 6) is 2.82. The van der Waals surface area contributed by atoms with E-state index in [2.05, 4.69) is 42.5 Å². The first-order valence-electron chi connectivity index (χ1n) is 5.60. The highest BCUT2D eigenvalue weighted by Gasteiger charge is 2.28. The van der Waals surface area contributed by atoms with Crippen molar-refractivity contribution in [3.8, 4) is 0 Å². The maximum absolute atomic E-state index is 2.33. The Labute approximate surface area is 93.7 Å². The average molecular weight is 215 g/mol. The van der Waals surface area contributed by atoms with Crippen LogP contribution in [0.5, 0.6) is 0 Å². The monoisotopic (exact) mass is 215 g/mol. The van der Waals surface area contributed by atoms with Gasteiger partial charge in [-0.25, -0.2) is 0 Å². The summed E-state index contributed by atoms with van der Waals surface area (Å²) in [5, 5.41) is 2.87. The second kappa shape index (κ2) is 3.90. The molecule has 0 aliphatic carbocycles. The van der Waals surface area contributed by atoms with Crippen LogP contribution in [0.15, 0.2) is 47.4 Å². The molecule has 1 saturated heterocycles. The lowest BCUT2D eigenvalue weighted by atomic mass is 10.1. The number of rotatable bonds is 1. The summed E-state index contributed by atoms with van der Waals surface area (Å²) < 4.78 is 0. The van der Waals surface area contributed by atoms with Crippen molar-refractivity contribution in [1.29, 1.82) is 0 Å². The molecule has 0 nitrogen and oxygen atoms in total. The van der Waals surface area contributed by atoms with Crippen LogP contribution in [0.25, 0.3) is 10.8 Å². The van der Waals surface area contributed by atoms with Gasteiger partial charge in [0.25, 0.3) is 0 Å². The third-order valence-corrected chi connectivity index (χ3v) is 5.63. The van der Waals surface area contributed by atoms with E-state index in [1.807, 2.05) is 0 Å². The SMILES string of the molecule is c1ccc2c([S+]3CCCC3)cccc2c1. The molecule has 1 aliphatic rings. The Morgan fingerprint density at radius 3 is 2.40 bits per heavy atom. The quantitative estimate of drug-likeness (QED) is 0.637. The van der Waals surface area contributed by atoms with Crippen molar-refractivity contribution in [1.82, 2.24) is 0 Å². The maximum Gasteiger partial charge on any atom is 0.162 e. The van der Waals surface area contributed by atoms with Crippen LogP contribution in [-0.2, 0) is 10.9 Å². The molecule has 2 aromatic carbocycles. The molecule has 1 aliphatic heterocycles. The minimum atomic E-state index is 0.535. The van der Waals surface area contributed by atoms with E-state index in [0.717, 1.165) is 0 Å². The molecule has 1 heterocycles. The highest BCUT2D eigenvalue weighted by Crippen LogP contribution is 2.29. The van der Waals surface area contributed by atoms with E-state index in [0.29, 0.717) is 10.9 Å². The summed E-state index contributed by atoms with van der Waals surface area (Å²) in [5.41, 5.74) is 0. The third kappa shape index (κ3) is 1.65. The molecule has 0 bridgehead atoms. The molecule has 0 spiro atoms. The molecule has 1 fully saturated rings. The largest absolute Gasteiger partial charge is 0.162 e. The zero-order chi connectivity index (χ0) is 10.1. The van der Waals surface area contributed by atoms with Crippen molar-refractivity contribution in [3.05, 3.63) is 42.5 Å². The molecule has 0 aromatic heterocycles. The van der Waals surface area contributed by atoms with Crippen molar-refractivity contribution >= 4 is 21.7 Å². The molecule has 0 amide bonds. The molecule has 1 heteroatoms. The molecule has 0 saturated carbocycles. The van der Waals surface area contributed by atoms with Gasteiger partial charge in [-0.15, -0.1) is 0 Å². The van der Waals surface area contributed by atoms with E-state index < -0.39 is 0 Å². The van der Waals surface area contributed by atoms with Gasteiger partial charge < -0.3 is 0 Å². The van der Waals surface area contributed by atoms with Crippen molar-refractivity contribution in [3.63, 3.8) is 0 Å². The Morgan fingerprint density at radius 1 is 0.800 bits per heavy atom. The minimum absolute atomic E-state index is 0.535. The normalized spacial score (nSPS) is 17.3. The average Bonchev–Trinajstić information content (AvgIpc) is 2.82. The van der Waals surface area contributed by atoms with E-state index in [4.69, 9.17) is 0 Å². The molecule has 0 atom stereocenters. The predicted molar refractivity (Wildman–Crippen MR) is 68.5 cm³/mol. The molecule has 0 radical (unpaired) electrons. The number of fused-ring (bicyclic) bond motifs is 1. The number of hydrogen-bond donors (Lipinski definition) is 0. The zero-order valence-corrected chi connectivity index (χ0v) is 9.59. The van der Waals surface area contributed by atoms with Gasteiger partial charge in [-0.3, -0.25) is 0 Å². The lowest BCUT2D eigenvalue weighted by Crippen LogP contribution is -2.04. The molecular formula is C14H15S+. The van der Waals surface area contributed by atoms with Crippen LogP contribution in [-0.4, -0.2) is 11.5 Å². The first-order valence-corrected chi connectivity index (χ1v) is 7.17. The van der Waals surface area contributed by atoms with E-state index in [9.17, 15) is 0 Å². The van der Waals surface area contributed by atoms with Crippen LogP contribution in [0, 0.1) is 0 Å². The summed E-state index contributed by atoms with van der Waals surface area (Å²) in [6, 6.07) is 15.5. The van der Waals surface area contributed by atoms with E-state index in [1.165, 1.54) is 35.1 Å². The van der Waals surface area contributed by atoms with Gasteiger partial charge in [0.2, 0.25) is 0 Å². The van der Waals surface area contributed by atoms with Crippen LogP contribution >= 0.6 is 0 Å². The fourth-order valence-electron chi connectivity index (χ4n) is 2.32. The Bertz CT molecular complexity index is 464. The van der Waals surface area contributed by atoms with Gasteiger partial charge in [0.05, 0.1) is 0 Å². The molecule has 2 aromatic rings. The third-order valence-electron chi connectivity index (χ3n) is 3.09. The van der Waals surface area contributed by atoms with Crippen molar-refractivity contribution in [2.24, 2.45) is 0 Å². The highest BCUT2D eigenvalue weighted by atomic mass is 32.2. The Kier molecular flexibility index (Phi) is 2.41. The summed E-state index contributed by atoms with van der Waals surface area (Å²) >= 11 is 0. The fraction of sp³-hybridized carbons (Fsp3) is 0.286. The summed E-state index contributed by atoms with van der Waals surface area (Å²) in [7, 11) is 0.535. The topological polar surface area (TPSA) is 0 Å². The second-order valence-electron chi connectivity index (χ2n) is 4.09. The summed E-state index contributed by atoms with van der Waals surface area (Å²) in [6.07, 6.45) is 2.85. The van der Waals surface area contributed by atoms with Gasteiger partial charge >= 0.3 is 0 Å². The van der Waals surface area contributed by atoms with Crippen molar-refractivity contribution in [2.75, 3.05) is 11.5 Å². The minimum Gasteiger partial charge on any atom is -0.0616 e. The van der Waals surface area contributed by atoms with Gasteiger partial charge in [0, 0.05) is 16.3 Å². The zero-order valence-electron chi connectivity index (χ0n) is 8.78. The Morgan fingerprint density at radius 2 is 1.53 bits per heavy atom. The smallest absolute Gasteiger partial charge is 0.0616 e. The van der Waals surface area contributed by atoms with Gasteiger partial charge in [-0.05, 0) is 30.4 Å². The Balaban J connectivity index is 2.16. The van der Waals surface area contributed by atoms with Crippen LogP contribution < -0.4 is 0 Å². The molecule has 3 rings (SSSR count). The summed E-state index contributed by atoms with van der Waals surface area (Å²) in [6.45, 7) is 0. The van der Waals surface area contributed by atoms with Crippen molar-refractivity contribution < 1.29 is 0 Å². The van der Waals surface area contributed by atoms with Crippen LogP contribution in [0.2, 0.25) is 0 Å².